The Balaban J connectivity index is 2.30. The van der Waals surface area contributed by atoms with E-state index in [1.807, 2.05) is 6.92 Å². The second-order valence-electron chi connectivity index (χ2n) is 6.13. The largest absolute Gasteiger partial charge is 0.469 e. The van der Waals surface area contributed by atoms with Gasteiger partial charge in [0, 0.05) is 6.61 Å². The Bertz CT molecular complexity index is 682. The van der Waals surface area contributed by atoms with Crippen LogP contribution in [0.1, 0.15) is 50.9 Å². The van der Waals surface area contributed by atoms with Gasteiger partial charge < -0.3 is 15.2 Å². The summed E-state index contributed by atoms with van der Waals surface area (Å²) in [4.78, 5) is 11.3. The number of esters is 1. The molecule has 0 bridgehead atoms. The van der Waals surface area contributed by atoms with Crippen LogP contribution in [0.2, 0.25) is 0 Å². The van der Waals surface area contributed by atoms with Gasteiger partial charge in [-0.1, -0.05) is 13.3 Å². The molecule has 0 aromatic carbocycles. The molecule has 0 saturated carbocycles. The fraction of sp³-hybridized carbons (Fsp3) is 0.800. The van der Waals surface area contributed by atoms with Crippen LogP contribution in [0.15, 0.2) is 5.16 Å². The standard InChI is InChI=1S/C15H26N4O5S/c1-3-5-12(16)14-17-18-15(19(14)10-11-6-4-8-24-11)25(21,22)9-7-13(20)23-2/h11-12H,3-10,16H2,1-2H3. The number of methoxy groups -OCH3 is 1. The number of carbonyl (C=O) groups is 1. The van der Waals surface area contributed by atoms with Crippen molar-refractivity contribution in [3.63, 3.8) is 0 Å². The highest BCUT2D eigenvalue weighted by Gasteiger charge is 2.30. The van der Waals surface area contributed by atoms with E-state index in [4.69, 9.17) is 10.5 Å². The highest BCUT2D eigenvalue weighted by Crippen LogP contribution is 2.22. The summed E-state index contributed by atoms with van der Waals surface area (Å²) in [5, 5.41) is 7.74. The summed E-state index contributed by atoms with van der Waals surface area (Å²) in [6.07, 6.45) is 2.99. The molecule has 2 N–H and O–H groups in total. The quantitative estimate of drug-likeness (QED) is 0.622. The Morgan fingerprint density at radius 1 is 1.48 bits per heavy atom. The summed E-state index contributed by atoms with van der Waals surface area (Å²) in [7, 11) is -2.57. The fourth-order valence-electron chi connectivity index (χ4n) is 2.82. The van der Waals surface area contributed by atoms with Crippen LogP contribution in [0.5, 0.6) is 0 Å². The number of carbonyl (C=O) groups excluding carboxylic acids is 1. The van der Waals surface area contributed by atoms with Crippen LogP contribution in [-0.2, 0) is 30.7 Å². The molecule has 2 atom stereocenters. The second-order valence-corrected chi connectivity index (χ2v) is 8.13. The van der Waals surface area contributed by atoms with Crippen molar-refractivity contribution in [3.8, 4) is 0 Å². The van der Waals surface area contributed by atoms with Gasteiger partial charge in [-0.25, -0.2) is 8.42 Å². The van der Waals surface area contributed by atoms with Crippen LogP contribution in [0.3, 0.4) is 0 Å². The lowest BCUT2D eigenvalue weighted by Crippen LogP contribution is -2.25. The van der Waals surface area contributed by atoms with Crippen molar-refractivity contribution in [3.05, 3.63) is 5.82 Å². The van der Waals surface area contributed by atoms with Crippen molar-refractivity contribution in [2.75, 3.05) is 19.5 Å². The number of rotatable bonds is 9. The third kappa shape index (κ3) is 4.99. The molecule has 25 heavy (non-hydrogen) atoms. The molecule has 0 radical (unpaired) electrons. The molecule has 1 saturated heterocycles. The van der Waals surface area contributed by atoms with E-state index in [-0.39, 0.29) is 23.4 Å². The monoisotopic (exact) mass is 374 g/mol. The van der Waals surface area contributed by atoms with Gasteiger partial charge >= 0.3 is 5.97 Å². The van der Waals surface area contributed by atoms with Crippen molar-refractivity contribution in [1.82, 2.24) is 14.8 Å². The zero-order chi connectivity index (χ0) is 18.4. The van der Waals surface area contributed by atoms with Gasteiger partial charge in [-0.15, -0.1) is 10.2 Å². The van der Waals surface area contributed by atoms with Crippen LogP contribution in [0.4, 0.5) is 0 Å². The lowest BCUT2D eigenvalue weighted by Gasteiger charge is -2.17. The van der Waals surface area contributed by atoms with Gasteiger partial charge in [0.25, 0.3) is 0 Å². The average Bonchev–Trinajstić information content (AvgIpc) is 3.23. The minimum absolute atomic E-state index is 0.0851. The number of aromatic nitrogens is 3. The number of hydrogen-bond donors (Lipinski definition) is 1. The minimum Gasteiger partial charge on any atom is -0.469 e. The smallest absolute Gasteiger partial charge is 0.306 e. The highest BCUT2D eigenvalue weighted by atomic mass is 32.2. The van der Waals surface area contributed by atoms with E-state index >= 15 is 0 Å². The molecule has 1 aliphatic rings. The van der Waals surface area contributed by atoms with E-state index in [0.717, 1.165) is 19.3 Å². The third-order valence-corrected chi connectivity index (χ3v) is 5.77. The number of ether oxygens (including phenoxy) is 2. The normalized spacial score (nSPS) is 19.1. The lowest BCUT2D eigenvalue weighted by molar-refractivity contribution is -0.140. The summed E-state index contributed by atoms with van der Waals surface area (Å²) < 4.78 is 36.9. The zero-order valence-corrected chi connectivity index (χ0v) is 15.5. The van der Waals surface area contributed by atoms with Gasteiger partial charge in [0.15, 0.2) is 5.82 Å². The zero-order valence-electron chi connectivity index (χ0n) is 14.7. The molecule has 0 amide bonds. The molecule has 142 valence electrons. The third-order valence-electron chi connectivity index (χ3n) is 4.17. The summed E-state index contributed by atoms with van der Waals surface area (Å²) in [6, 6.07) is -0.400. The molecule has 1 aromatic heterocycles. The van der Waals surface area contributed by atoms with E-state index in [2.05, 4.69) is 14.9 Å². The molecular weight excluding hydrogens is 348 g/mol. The van der Waals surface area contributed by atoms with Crippen LogP contribution in [0, 0.1) is 0 Å². The molecule has 2 unspecified atom stereocenters. The van der Waals surface area contributed by atoms with E-state index in [9.17, 15) is 13.2 Å². The summed E-state index contributed by atoms with van der Waals surface area (Å²) in [5.74, 6) is -0.530. The van der Waals surface area contributed by atoms with Gasteiger partial charge in [0.2, 0.25) is 15.0 Å². The Kier molecular flexibility index (Phi) is 6.91. The number of nitrogens with zero attached hydrogens (tertiary/aromatic N) is 3. The molecular formula is C15H26N4O5S. The Morgan fingerprint density at radius 3 is 2.84 bits per heavy atom. The number of hydrogen-bond acceptors (Lipinski definition) is 8. The van der Waals surface area contributed by atoms with Gasteiger partial charge in [0.1, 0.15) is 0 Å². The van der Waals surface area contributed by atoms with Crippen LogP contribution >= 0.6 is 0 Å². The van der Waals surface area contributed by atoms with E-state index < -0.39 is 21.8 Å². The minimum atomic E-state index is -3.79. The van der Waals surface area contributed by atoms with Crippen LogP contribution in [0.25, 0.3) is 0 Å². The van der Waals surface area contributed by atoms with Crippen molar-refractivity contribution < 1.29 is 22.7 Å². The van der Waals surface area contributed by atoms with E-state index in [1.54, 1.807) is 4.57 Å². The fourth-order valence-corrected chi connectivity index (χ4v) is 4.11. The molecule has 2 rings (SSSR count). The first-order valence-corrected chi connectivity index (χ1v) is 10.1. The Hall–Kier alpha value is -1.52. The summed E-state index contributed by atoms with van der Waals surface area (Å²) >= 11 is 0. The molecule has 1 aromatic rings. The molecule has 0 spiro atoms. The number of nitrogens with two attached hydrogens (primary N) is 1. The molecule has 1 aliphatic heterocycles. The maximum Gasteiger partial charge on any atom is 0.306 e. The maximum absolute atomic E-state index is 12.6. The highest BCUT2D eigenvalue weighted by molar-refractivity contribution is 7.91. The lowest BCUT2D eigenvalue weighted by atomic mass is 10.1. The van der Waals surface area contributed by atoms with Gasteiger partial charge in [0.05, 0.1) is 38.0 Å². The van der Waals surface area contributed by atoms with Crippen molar-refractivity contribution in [2.45, 2.75) is 62.9 Å². The van der Waals surface area contributed by atoms with Gasteiger partial charge in [-0.2, -0.15) is 0 Å². The SMILES string of the molecule is CCCC(N)c1nnc(S(=O)(=O)CCC(=O)OC)n1CC1CCCO1. The first-order chi connectivity index (χ1) is 11.9. The van der Waals surface area contributed by atoms with Crippen LogP contribution in [-0.4, -0.2) is 54.7 Å². The predicted octanol–water partition coefficient (Wildman–Crippen LogP) is 0.594. The summed E-state index contributed by atoms with van der Waals surface area (Å²) in [6.45, 7) is 2.99. The van der Waals surface area contributed by atoms with Gasteiger partial charge in [-0.3, -0.25) is 9.36 Å². The Labute approximate surface area is 147 Å². The molecule has 10 heteroatoms. The Morgan fingerprint density at radius 2 is 2.24 bits per heavy atom. The second kappa shape index (κ2) is 8.72. The molecule has 0 aliphatic carbocycles. The maximum atomic E-state index is 12.6. The summed E-state index contributed by atoms with van der Waals surface area (Å²) in [5.41, 5.74) is 6.15. The first kappa shape index (κ1) is 19.8. The average molecular weight is 374 g/mol. The molecule has 1 fully saturated rings. The topological polar surface area (TPSA) is 126 Å². The number of sulfone groups is 1. The van der Waals surface area contributed by atoms with E-state index in [1.165, 1.54) is 7.11 Å². The molecule has 2 heterocycles. The van der Waals surface area contributed by atoms with Gasteiger partial charge in [-0.05, 0) is 19.3 Å². The van der Waals surface area contributed by atoms with Crippen molar-refractivity contribution in [1.29, 1.82) is 0 Å². The molecule has 9 nitrogen and oxygen atoms in total. The van der Waals surface area contributed by atoms with Crippen LogP contribution < -0.4 is 5.73 Å². The first-order valence-electron chi connectivity index (χ1n) is 8.49. The van der Waals surface area contributed by atoms with Crippen molar-refractivity contribution >= 4 is 15.8 Å². The predicted molar refractivity (Wildman–Crippen MR) is 89.5 cm³/mol. The van der Waals surface area contributed by atoms with E-state index in [0.29, 0.717) is 25.4 Å². The van der Waals surface area contributed by atoms with Crippen molar-refractivity contribution in [2.24, 2.45) is 5.73 Å².